The lowest BCUT2D eigenvalue weighted by Gasteiger charge is -2.18. The summed E-state index contributed by atoms with van der Waals surface area (Å²) in [5.74, 6) is 0.0635. The lowest BCUT2D eigenvalue weighted by Crippen LogP contribution is -2.17. The van der Waals surface area contributed by atoms with Gasteiger partial charge < -0.3 is 10.3 Å². The van der Waals surface area contributed by atoms with E-state index < -0.39 is 10.0 Å². The summed E-state index contributed by atoms with van der Waals surface area (Å²) < 4.78 is 29.5. The van der Waals surface area contributed by atoms with Crippen LogP contribution < -0.4 is 15.0 Å². The fraction of sp³-hybridized carbons (Fsp3) is 0.269. The number of thiophene rings is 1. The molecular formula is C26H26N6O2S2. The van der Waals surface area contributed by atoms with Crippen molar-refractivity contribution in [1.82, 2.24) is 15.4 Å². The molecule has 3 aromatic heterocycles. The number of fused-ring (bicyclic) bond motifs is 1. The van der Waals surface area contributed by atoms with E-state index in [9.17, 15) is 8.42 Å². The van der Waals surface area contributed by atoms with E-state index >= 15 is 0 Å². The van der Waals surface area contributed by atoms with Crippen LogP contribution in [0.5, 0.6) is 0 Å². The minimum Gasteiger partial charge on any atom is -0.370 e. The van der Waals surface area contributed by atoms with E-state index in [0.29, 0.717) is 12.2 Å². The zero-order valence-corrected chi connectivity index (χ0v) is 21.4. The Kier molecular flexibility index (Phi) is 5.85. The fourth-order valence-corrected chi connectivity index (χ4v) is 7.30. The van der Waals surface area contributed by atoms with Gasteiger partial charge in [0.15, 0.2) is 0 Å². The summed E-state index contributed by atoms with van der Waals surface area (Å²) in [6, 6.07) is 12.4. The Morgan fingerprint density at radius 3 is 2.67 bits per heavy atom. The highest BCUT2D eigenvalue weighted by Crippen LogP contribution is 2.46. The smallest absolute Gasteiger partial charge is 0.261 e. The number of aromatic nitrogens is 2. The standard InChI is InChI=1S/C26H26N6O2S2/c1-17-11-22(31-36(33,34)21-7-3-2-4-8-21)24-23(25(35-26(24)30-17)19-14-28-29-15-19)18-12-20(16-27-13-18)32-9-5-6-10-32/h2-4,7-8,11-14,16,19,29H,5-6,9-10,15H2,1H3,(H,30,31). The Labute approximate surface area is 214 Å². The van der Waals surface area contributed by atoms with E-state index in [1.807, 2.05) is 31.6 Å². The summed E-state index contributed by atoms with van der Waals surface area (Å²) in [5, 5.41) is 5.03. The Hall–Kier alpha value is -3.50. The molecule has 0 spiro atoms. The van der Waals surface area contributed by atoms with Crippen LogP contribution in [0.25, 0.3) is 21.3 Å². The Balaban J connectivity index is 1.56. The van der Waals surface area contributed by atoms with Gasteiger partial charge in [-0.15, -0.1) is 11.3 Å². The van der Waals surface area contributed by atoms with Crippen LogP contribution in [0.15, 0.2) is 64.9 Å². The molecule has 1 atom stereocenters. The van der Waals surface area contributed by atoms with Gasteiger partial charge in [-0.05, 0) is 44.0 Å². The van der Waals surface area contributed by atoms with Gasteiger partial charge in [0, 0.05) is 59.1 Å². The van der Waals surface area contributed by atoms with Gasteiger partial charge >= 0.3 is 0 Å². The van der Waals surface area contributed by atoms with E-state index in [1.54, 1.807) is 41.7 Å². The van der Waals surface area contributed by atoms with Gasteiger partial charge in [0.2, 0.25) is 0 Å². The largest absolute Gasteiger partial charge is 0.370 e. The molecule has 6 rings (SSSR count). The highest BCUT2D eigenvalue weighted by molar-refractivity contribution is 7.92. The predicted molar refractivity (Wildman–Crippen MR) is 146 cm³/mol. The number of hydrogen-bond donors (Lipinski definition) is 2. The molecule has 5 heterocycles. The van der Waals surface area contributed by atoms with Crippen LogP contribution in [0, 0.1) is 6.92 Å². The molecular weight excluding hydrogens is 492 g/mol. The second-order valence-electron chi connectivity index (χ2n) is 9.12. The molecule has 1 aromatic carbocycles. The highest BCUT2D eigenvalue weighted by atomic mass is 32.2. The van der Waals surface area contributed by atoms with Crippen LogP contribution in [0.4, 0.5) is 11.4 Å². The van der Waals surface area contributed by atoms with E-state index in [2.05, 4.69) is 31.2 Å². The molecule has 0 aliphatic carbocycles. The van der Waals surface area contributed by atoms with Crippen LogP contribution in [0.1, 0.15) is 29.3 Å². The average molecular weight is 519 g/mol. The zero-order chi connectivity index (χ0) is 24.7. The van der Waals surface area contributed by atoms with Gasteiger partial charge in [-0.1, -0.05) is 18.2 Å². The summed E-state index contributed by atoms with van der Waals surface area (Å²) in [5.41, 5.74) is 7.32. The van der Waals surface area contributed by atoms with Crippen LogP contribution in [0.2, 0.25) is 0 Å². The van der Waals surface area contributed by atoms with Gasteiger partial charge in [0.05, 0.1) is 28.4 Å². The number of aryl methyl sites for hydroxylation is 1. The van der Waals surface area contributed by atoms with E-state index in [4.69, 9.17) is 4.98 Å². The molecule has 1 saturated heterocycles. The van der Waals surface area contributed by atoms with E-state index in [-0.39, 0.29) is 10.8 Å². The first-order valence-corrected chi connectivity index (χ1v) is 14.3. The molecule has 10 heteroatoms. The molecule has 0 amide bonds. The third-order valence-corrected chi connectivity index (χ3v) is 9.19. The van der Waals surface area contributed by atoms with Crippen LogP contribution >= 0.6 is 11.3 Å². The average Bonchev–Trinajstić information content (AvgIpc) is 3.65. The van der Waals surface area contributed by atoms with Crippen LogP contribution in [-0.4, -0.2) is 44.2 Å². The van der Waals surface area contributed by atoms with Gasteiger partial charge in [-0.25, -0.2) is 13.4 Å². The summed E-state index contributed by atoms with van der Waals surface area (Å²) in [6.07, 6.45) is 8.03. The maximum atomic E-state index is 13.3. The normalized spacial score (nSPS) is 17.6. The second kappa shape index (κ2) is 9.18. The van der Waals surface area contributed by atoms with Gasteiger partial charge in [-0.2, -0.15) is 5.10 Å². The van der Waals surface area contributed by atoms with Crippen LogP contribution in [0.3, 0.4) is 0 Å². The molecule has 8 nitrogen and oxygen atoms in total. The zero-order valence-electron chi connectivity index (χ0n) is 19.8. The summed E-state index contributed by atoms with van der Waals surface area (Å²) >= 11 is 1.59. The van der Waals surface area contributed by atoms with Crippen molar-refractivity contribution in [3.05, 3.63) is 65.4 Å². The summed E-state index contributed by atoms with van der Waals surface area (Å²) in [4.78, 5) is 13.8. The van der Waals surface area contributed by atoms with E-state index in [1.165, 1.54) is 12.8 Å². The third kappa shape index (κ3) is 4.20. The molecule has 184 valence electrons. The number of sulfonamides is 1. The number of nitrogens with zero attached hydrogens (tertiary/aromatic N) is 4. The summed E-state index contributed by atoms with van der Waals surface area (Å²) in [6.45, 7) is 4.60. The third-order valence-electron chi connectivity index (χ3n) is 6.59. The molecule has 0 radical (unpaired) electrons. The first kappa shape index (κ1) is 22.9. The minimum absolute atomic E-state index is 0.0635. The molecule has 2 aliphatic rings. The van der Waals surface area contributed by atoms with Gasteiger partial charge in [-0.3, -0.25) is 9.71 Å². The molecule has 0 bridgehead atoms. The van der Waals surface area contributed by atoms with Crippen molar-refractivity contribution in [3.8, 4) is 11.1 Å². The molecule has 4 aromatic rings. The highest BCUT2D eigenvalue weighted by Gasteiger charge is 2.27. The Morgan fingerprint density at radius 2 is 1.92 bits per heavy atom. The van der Waals surface area contributed by atoms with Crippen molar-refractivity contribution in [2.45, 2.75) is 30.6 Å². The van der Waals surface area contributed by atoms with Gasteiger partial charge in [0.1, 0.15) is 4.83 Å². The van der Waals surface area contributed by atoms with Crippen molar-refractivity contribution in [3.63, 3.8) is 0 Å². The topological polar surface area (TPSA) is 99.6 Å². The van der Waals surface area contributed by atoms with Crippen molar-refractivity contribution in [1.29, 1.82) is 0 Å². The Bertz CT molecular complexity index is 1560. The monoisotopic (exact) mass is 518 g/mol. The molecule has 1 fully saturated rings. The first-order valence-electron chi connectivity index (χ1n) is 12.0. The first-order chi connectivity index (χ1) is 17.5. The molecule has 2 N–H and O–H groups in total. The van der Waals surface area contributed by atoms with Crippen LogP contribution in [-0.2, 0) is 10.0 Å². The number of anilines is 2. The number of hydrazone groups is 1. The van der Waals surface area contributed by atoms with Crippen molar-refractivity contribution < 1.29 is 8.42 Å². The lowest BCUT2D eigenvalue weighted by molar-refractivity contribution is 0.601. The molecule has 2 aliphatic heterocycles. The number of rotatable bonds is 6. The number of hydrogen-bond acceptors (Lipinski definition) is 8. The second-order valence-corrected chi connectivity index (χ2v) is 11.8. The van der Waals surface area contributed by atoms with E-state index in [0.717, 1.165) is 50.7 Å². The van der Waals surface area contributed by atoms with Crippen molar-refractivity contribution >= 4 is 49.2 Å². The number of pyridine rings is 2. The Morgan fingerprint density at radius 1 is 1.11 bits per heavy atom. The van der Waals surface area contributed by atoms with Crippen molar-refractivity contribution in [2.24, 2.45) is 5.10 Å². The number of benzene rings is 1. The minimum atomic E-state index is -3.79. The molecule has 1 unspecified atom stereocenters. The molecule has 0 saturated carbocycles. The quantitative estimate of drug-likeness (QED) is 0.383. The maximum absolute atomic E-state index is 13.3. The molecule has 36 heavy (non-hydrogen) atoms. The maximum Gasteiger partial charge on any atom is 0.261 e. The fourth-order valence-electron chi connectivity index (χ4n) is 4.89. The lowest BCUT2D eigenvalue weighted by atomic mass is 9.97. The summed E-state index contributed by atoms with van der Waals surface area (Å²) in [7, 11) is -3.79. The van der Waals surface area contributed by atoms with Crippen molar-refractivity contribution in [2.75, 3.05) is 29.3 Å². The van der Waals surface area contributed by atoms with Gasteiger partial charge in [0.25, 0.3) is 10.0 Å². The predicted octanol–water partition coefficient (Wildman–Crippen LogP) is 4.74. The SMILES string of the molecule is Cc1cc(NS(=O)(=O)c2ccccc2)c2c(-c3cncc(N4CCCC4)c3)c(C3C=NNC3)sc2n1. The number of nitrogens with one attached hydrogen (secondary N) is 2.